The number of allylic oxidation sites excluding steroid dienone is 2. The van der Waals surface area contributed by atoms with Crippen LogP contribution in [-0.2, 0) is 9.59 Å². The number of nitrogens with zero attached hydrogens (tertiary/aromatic N) is 4. The summed E-state index contributed by atoms with van der Waals surface area (Å²) in [5.74, 6) is 1.97. The predicted molar refractivity (Wildman–Crippen MR) is 119 cm³/mol. The molecule has 1 spiro atoms. The number of hydrogen-bond donors (Lipinski definition) is 1. The molecular formula is C24H35N5O3. The molecule has 0 bridgehead atoms. The molecule has 8 heteroatoms. The maximum Gasteiger partial charge on any atom is 0.234 e. The second kappa shape index (κ2) is 8.61. The van der Waals surface area contributed by atoms with Gasteiger partial charge in [0.05, 0.1) is 12.6 Å². The average molecular weight is 442 g/mol. The Morgan fingerprint density at radius 3 is 2.53 bits per heavy atom. The number of carbonyl (C=O) groups excluding carboxylic acids is 2. The van der Waals surface area contributed by atoms with E-state index in [9.17, 15) is 9.59 Å². The molecule has 2 aliphatic carbocycles. The van der Waals surface area contributed by atoms with Crippen LogP contribution in [0.1, 0.15) is 82.5 Å². The molecule has 3 fully saturated rings. The van der Waals surface area contributed by atoms with Crippen molar-refractivity contribution in [3.63, 3.8) is 0 Å². The molecule has 4 aliphatic rings. The Balaban J connectivity index is 1.28. The smallest absolute Gasteiger partial charge is 0.234 e. The summed E-state index contributed by atoms with van der Waals surface area (Å²) in [7, 11) is 0. The van der Waals surface area contributed by atoms with Gasteiger partial charge in [0.1, 0.15) is 0 Å². The Morgan fingerprint density at radius 1 is 1.19 bits per heavy atom. The Kier molecular flexibility index (Phi) is 5.82. The fourth-order valence-electron chi connectivity index (χ4n) is 5.50. The van der Waals surface area contributed by atoms with Gasteiger partial charge < -0.3 is 14.6 Å². The molecule has 1 N–H and O–H groups in total. The van der Waals surface area contributed by atoms with Gasteiger partial charge in [0.15, 0.2) is 0 Å². The first-order valence-corrected chi connectivity index (χ1v) is 12.2. The van der Waals surface area contributed by atoms with Gasteiger partial charge in [-0.25, -0.2) is 0 Å². The van der Waals surface area contributed by atoms with E-state index in [1.807, 2.05) is 13.8 Å². The quantitative estimate of drug-likeness (QED) is 0.683. The van der Waals surface area contributed by atoms with Crippen molar-refractivity contribution in [2.45, 2.75) is 76.8 Å². The summed E-state index contributed by atoms with van der Waals surface area (Å²) < 4.78 is 6.03. The van der Waals surface area contributed by atoms with Crippen molar-refractivity contribution in [1.29, 1.82) is 0 Å². The number of rotatable bonds is 6. The van der Waals surface area contributed by atoms with Crippen molar-refractivity contribution in [2.75, 3.05) is 26.2 Å². The van der Waals surface area contributed by atoms with Crippen LogP contribution in [0, 0.1) is 11.3 Å². The lowest BCUT2D eigenvalue weighted by atomic mass is 9.76. The van der Waals surface area contributed by atoms with Crippen molar-refractivity contribution >= 4 is 11.8 Å². The maximum absolute atomic E-state index is 12.9. The summed E-state index contributed by atoms with van der Waals surface area (Å²) in [4.78, 5) is 29.8. The molecule has 1 atom stereocenters. The lowest BCUT2D eigenvalue weighted by molar-refractivity contribution is -0.137. The SMILES string of the molecule is CC(C)c1nnc(C2CC3(CCN(C(=O)C4CC=CC4)CC3)CN2CC(=O)NC2CC2)o1. The minimum atomic E-state index is -0.0405. The van der Waals surface area contributed by atoms with Crippen molar-refractivity contribution in [3.8, 4) is 0 Å². The second-order valence-corrected chi connectivity index (χ2v) is 10.6. The number of amides is 2. The molecule has 32 heavy (non-hydrogen) atoms. The standard InChI is InChI=1S/C24H35N5O3/c1-16(2)21-26-27-22(32-21)19-13-24(15-29(19)14-20(30)25-18-7-8-18)9-11-28(12-10-24)23(31)17-5-3-4-6-17/h3-4,16-19H,5-15H2,1-2H3,(H,25,30). The average Bonchev–Trinajstić information content (AvgIpc) is 3.17. The number of hydrogen-bond acceptors (Lipinski definition) is 6. The van der Waals surface area contributed by atoms with E-state index in [-0.39, 0.29) is 29.2 Å². The Hall–Kier alpha value is -2.22. The van der Waals surface area contributed by atoms with Crippen molar-refractivity contribution in [3.05, 3.63) is 23.9 Å². The molecule has 1 aromatic rings. The third-order valence-electron chi connectivity index (χ3n) is 7.62. The number of nitrogens with one attached hydrogen (secondary N) is 1. The van der Waals surface area contributed by atoms with Gasteiger partial charge in [0.25, 0.3) is 0 Å². The van der Waals surface area contributed by atoms with E-state index in [1.165, 1.54) is 0 Å². The molecule has 2 saturated heterocycles. The third-order valence-corrected chi connectivity index (χ3v) is 7.62. The molecule has 1 saturated carbocycles. The van der Waals surface area contributed by atoms with Crippen LogP contribution >= 0.6 is 0 Å². The van der Waals surface area contributed by atoms with Gasteiger partial charge in [0, 0.05) is 37.5 Å². The zero-order valence-corrected chi connectivity index (χ0v) is 19.3. The van der Waals surface area contributed by atoms with Gasteiger partial charge in [0.2, 0.25) is 23.6 Å². The van der Waals surface area contributed by atoms with Crippen LogP contribution in [0.5, 0.6) is 0 Å². The first-order valence-electron chi connectivity index (χ1n) is 12.2. The topological polar surface area (TPSA) is 91.6 Å². The molecule has 0 radical (unpaired) electrons. The van der Waals surface area contributed by atoms with Crippen molar-refractivity contribution < 1.29 is 14.0 Å². The van der Waals surface area contributed by atoms with Crippen LogP contribution in [0.15, 0.2) is 16.6 Å². The molecule has 2 amide bonds. The zero-order chi connectivity index (χ0) is 22.3. The lowest BCUT2D eigenvalue weighted by Gasteiger charge is -2.40. The summed E-state index contributed by atoms with van der Waals surface area (Å²) in [6.45, 7) is 6.87. The largest absolute Gasteiger partial charge is 0.423 e. The van der Waals surface area contributed by atoms with Crippen LogP contribution in [0.25, 0.3) is 0 Å². The van der Waals surface area contributed by atoms with Crippen LogP contribution in [0.3, 0.4) is 0 Å². The predicted octanol–water partition coefficient (Wildman–Crippen LogP) is 2.79. The van der Waals surface area contributed by atoms with Crippen LogP contribution in [0.4, 0.5) is 0 Å². The Bertz CT molecular complexity index is 874. The van der Waals surface area contributed by atoms with E-state index < -0.39 is 0 Å². The molecule has 174 valence electrons. The number of piperidine rings is 1. The van der Waals surface area contributed by atoms with Crippen molar-refractivity contribution in [2.24, 2.45) is 11.3 Å². The Morgan fingerprint density at radius 2 is 1.91 bits per heavy atom. The highest BCUT2D eigenvalue weighted by Gasteiger charge is 2.49. The highest BCUT2D eigenvalue weighted by atomic mass is 16.4. The first-order chi connectivity index (χ1) is 15.4. The lowest BCUT2D eigenvalue weighted by Crippen LogP contribution is -2.46. The Labute approximate surface area is 189 Å². The number of likely N-dealkylation sites (tertiary alicyclic amines) is 2. The molecule has 5 rings (SSSR count). The van der Waals surface area contributed by atoms with E-state index in [4.69, 9.17) is 4.42 Å². The fourth-order valence-corrected chi connectivity index (χ4v) is 5.50. The summed E-state index contributed by atoms with van der Waals surface area (Å²) in [6.07, 6.45) is 11.0. The summed E-state index contributed by atoms with van der Waals surface area (Å²) in [6, 6.07) is 0.314. The maximum atomic E-state index is 12.9. The molecule has 2 aliphatic heterocycles. The van der Waals surface area contributed by atoms with Gasteiger partial charge >= 0.3 is 0 Å². The van der Waals surface area contributed by atoms with E-state index >= 15 is 0 Å². The summed E-state index contributed by atoms with van der Waals surface area (Å²) in [5, 5.41) is 11.7. The minimum Gasteiger partial charge on any atom is -0.423 e. The monoisotopic (exact) mass is 441 g/mol. The van der Waals surface area contributed by atoms with Gasteiger partial charge in [-0.15, -0.1) is 10.2 Å². The highest BCUT2D eigenvalue weighted by molar-refractivity contribution is 5.80. The molecule has 1 aromatic heterocycles. The molecular weight excluding hydrogens is 406 g/mol. The minimum absolute atomic E-state index is 0.0405. The van der Waals surface area contributed by atoms with E-state index in [0.717, 1.165) is 64.6 Å². The zero-order valence-electron chi connectivity index (χ0n) is 19.3. The van der Waals surface area contributed by atoms with E-state index in [2.05, 4.69) is 37.5 Å². The number of carbonyl (C=O) groups is 2. The first kappa shape index (κ1) is 21.6. The van der Waals surface area contributed by atoms with Gasteiger partial charge in [-0.05, 0) is 50.4 Å². The molecule has 0 aromatic carbocycles. The highest BCUT2D eigenvalue weighted by Crippen LogP contribution is 2.49. The van der Waals surface area contributed by atoms with Crippen molar-refractivity contribution in [1.82, 2.24) is 25.3 Å². The van der Waals surface area contributed by atoms with Gasteiger partial charge in [-0.2, -0.15) is 0 Å². The fraction of sp³-hybridized carbons (Fsp3) is 0.750. The summed E-state index contributed by atoms with van der Waals surface area (Å²) >= 11 is 0. The normalized spacial score (nSPS) is 25.8. The van der Waals surface area contributed by atoms with Crippen LogP contribution in [0.2, 0.25) is 0 Å². The van der Waals surface area contributed by atoms with Gasteiger partial charge in [-0.3, -0.25) is 14.5 Å². The molecule has 3 heterocycles. The summed E-state index contributed by atoms with van der Waals surface area (Å²) in [5.41, 5.74) is 0.0850. The number of aromatic nitrogens is 2. The third kappa shape index (κ3) is 4.47. The van der Waals surface area contributed by atoms with E-state index in [0.29, 0.717) is 30.3 Å². The van der Waals surface area contributed by atoms with Gasteiger partial charge in [-0.1, -0.05) is 26.0 Å². The van der Waals surface area contributed by atoms with E-state index in [1.54, 1.807) is 0 Å². The van der Waals surface area contributed by atoms with Crippen LogP contribution in [-0.4, -0.2) is 64.0 Å². The molecule has 1 unspecified atom stereocenters. The molecule has 8 nitrogen and oxygen atoms in total. The second-order valence-electron chi connectivity index (χ2n) is 10.6. The van der Waals surface area contributed by atoms with Crippen LogP contribution < -0.4 is 5.32 Å².